The average Bonchev–Trinajstić information content (AvgIpc) is 2.95. The third-order valence-electron chi connectivity index (χ3n) is 4.42. The fraction of sp³-hybridized carbons (Fsp3) is 0.538. The molecule has 0 amide bonds. The Morgan fingerprint density at radius 3 is 0.643 bits per heavy atom. The van der Waals surface area contributed by atoms with Crippen LogP contribution >= 0.6 is 0 Å². The minimum Gasteiger partial charge on any atom is -0.545 e. The average molecular weight is 707 g/mol. The van der Waals surface area contributed by atoms with Crippen LogP contribution in [0.3, 0.4) is 0 Å². The predicted octanol–water partition coefficient (Wildman–Crippen LogP) is -4.67. The second-order valence-corrected chi connectivity index (χ2v) is 7.32. The summed E-state index contributed by atoms with van der Waals surface area (Å²) in [7, 11) is 2.00. The zero-order valence-corrected chi connectivity index (χ0v) is 30.9. The molecule has 0 aromatic rings. The molecular formula is C26H48N4O10Zn2. The molecule has 42 heavy (non-hydrogen) atoms. The van der Waals surface area contributed by atoms with E-state index >= 15 is 0 Å². The Kier molecular flexibility index (Phi) is 68.6. The van der Waals surface area contributed by atoms with E-state index in [2.05, 4.69) is 26.3 Å². The van der Waals surface area contributed by atoms with Crippen molar-refractivity contribution >= 4 is 23.9 Å². The smallest absolute Gasteiger partial charge is 0.545 e. The molecule has 2 aliphatic carbocycles. The van der Waals surface area contributed by atoms with E-state index in [0.29, 0.717) is 0 Å². The standard InChI is InChI=1S/2C6H14N2.4C3H4O2.2CH4O.2Zn/c2*7-5-3-1-2-4-6(5)8;4*1-2-3(4)5;2*1-2;;/h2*5-6H,1-4,7-8H2;4*2H,1H2,(H,4,5);2*2H,1H3;;/q;;;;;;;;2*+2/p-4/t2*5-,6-;;;;;;;;/m11......../s1. The quantitative estimate of drug-likeness (QED) is 0.118. The van der Waals surface area contributed by atoms with Crippen LogP contribution in [0, 0.1) is 0 Å². The van der Waals surface area contributed by atoms with Gasteiger partial charge in [0.25, 0.3) is 0 Å². The molecule has 16 heteroatoms. The van der Waals surface area contributed by atoms with Crippen LogP contribution in [0.15, 0.2) is 50.6 Å². The molecule has 2 fully saturated rings. The molecule has 14 nitrogen and oxygen atoms in total. The van der Waals surface area contributed by atoms with Crippen LogP contribution in [0.1, 0.15) is 51.4 Å². The number of carboxylic acids is 4. The normalized spacial score (nSPS) is 18.5. The van der Waals surface area contributed by atoms with Crippen molar-refractivity contribution in [3.8, 4) is 0 Å². The van der Waals surface area contributed by atoms with Gasteiger partial charge in [0.05, 0.1) is 23.9 Å². The minimum absolute atomic E-state index is 0. The first-order valence-corrected chi connectivity index (χ1v) is 11.9. The zero-order valence-electron chi connectivity index (χ0n) is 25.0. The third-order valence-corrected chi connectivity index (χ3v) is 4.42. The molecule has 2 aliphatic rings. The van der Waals surface area contributed by atoms with Gasteiger partial charge >= 0.3 is 39.0 Å². The number of hydrogen-bond donors (Lipinski definition) is 6. The topological polar surface area (TPSA) is 305 Å². The third kappa shape index (κ3) is 66.3. The number of carboxylic acid groups (broad SMARTS) is 4. The summed E-state index contributed by atoms with van der Waals surface area (Å²) in [6, 6.07) is 1.12. The number of aliphatic hydroxyl groups is 2. The summed E-state index contributed by atoms with van der Waals surface area (Å²) in [6.45, 7) is 11.6. The Morgan fingerprint density at radius 2 is 0.595 bits per heavy atom. The molecule has 2 rings (SSSR count). The summed E-state index contributed by atoms with van der Waals surface area (Å²) in [6.07, 6.45) is 12.5. The minimum atomic E-state index is -1.23. The molecule has 0 aromatic heterocycles. The SMILES string of the molecule is C=CC(=O)[O-].C=CC(=O)[O-].C=CC(=O)[O-].C=CC(=O)[O-].CO.CO.N[C@@H]1CCCC[C@H]1N.N[C@@H]1CCCC[C@H]1N.[Zn+2].[Zn+2]. The van der Waals surface area contributed by atoms with Crippen LogP contribution in [-0.2, 0) is 58.1 Å². The zero-order chi connectivity index (χ0) is 33.1. The second-order valence-electron chi connectivity index (χ2n) is 7.32. The molecule has 10 N–H and O–H groups in total. The van der Waals surface area contributed by atoms with Gasteiger partial charge in [0, 0.05) is 38.4 Å². The van der Waals surface area contributed by atoms with E-state index in [1.807, 2.05) is 0 Å². The molecular weight excluding hydrogens is 659 g/mol. The van der Waals surface area contributed by atoms with Crippen LogP contribution in [0.2, 0.25) is 0 Å². The summed E-state index contributed by atoms with van der Waals surface area (Å²) >= 11 is 0. The number of carbonyl (C=O) groups excluding carboxylic acids is 4. The summed E-state index contributed by atoms with van der Waals surface area (Å²) in [5, 5.41) is 50.6. The molecule has 0 bridgehead atoms. The number of carbonyl (C=O) groups is 4. The molecule has 0 spiro atoms. The van der Waals surface area contributed by atoms with Gasteiger partial charge in [-0.25, -0.2) is 0 Å². The molecule has 4 atom stereocenters. The molecule has 236 valence electrons. The molecule has 0 unspecified atom stereocenters. The van der Waals surface area contributed by atoms with Gasteiger partial charge in [-0.15, -0.1) is 0 Å². The van der Waals surface area contributed by atoms with Crippen molar-refractivity contribution in [2.24, 2.45) is 22.9 Å². The van der Waals surface area contributed by atoms with Crippen molar-refractivity contribution < 1.29 is 88.8 Å². The van der Waals surface area contributed by atoms with Crippen LogP contribution in [0.5, 0.6) is 0 Å². The van der Waals surface area contributed by atoms with Gasteiger partial charge in [-0.1, -0.05) is 52.0 Å². The second kappa shape index (κ2) is 48.6. The molecule has 0 aliphatic heterocycles. The van der Waals surface area contributed by atoms with Crippen LogP contribution in [0.4, 0.5) is 0 Å². The Hall–Kier alpha value is -2.15. The van der Waals surface area contributed by atoms with Crippen LogP contribution < -0.4 is 43.4 Å². The maximum atomic E-state index is 9.14. The largest absolute Gasteiger partial charge is 2.00 e. The van der Waals surface area contributed by atoms with Crippen molar-refractivity contribution in [2.75, 3.05) is 14.2 Å². The van der Waals surface area contributed by atoms with Gasteiger partial charge in [-0.3, -0.25) is 0 Å². The van der Waals surface area contributed by atoms with E-state index in [0.717, 1.165) is 64.2 Å². The number of aliphatic hydroxyl groups excluding tert-OH is 2. The van der Waals surface area contributed by atoms with Crippen molar-refractivity contribution in [3.63, 3.8) is 0 Å². The Labute approximate surface area is 275 Å². The predicted molar refractivity (Wildman–Crippen MR) is 146 cm³/mol. The number of nitrogens with two attached hydrogens (primary N) is 4. The van der Waals surface area contributed by atoms with E-state index < -0.39 is 23.9 Å². The van der Waals surface area contributed by atoms with E-state index in [9.17, 15) is 0 Å². The van der Waals surface area contributed by atoms with E-state index in [4.69, 9.17) is 72.8 Å². The Balaban J connectivity index is -0.0000000540. The molecule has 0 saturated heterocycles. The summed E-state index contributed by atoms with van der Waals surface area (Å²) in [5.74, 6) is -4.93. The number of hydrogen-bond acceptors (Lipinski definition) is 14. The molecule has 0 radical (unpaired) electrons. The monoisotopic (exact) mass is 704 g/mol. The van der Waals surface area contributed by atoms with Crippen molar-refractivity contribution in [1.82, 2.24) is 0 Å². The van der Waals surface area contributed by atoms with Gasteiger partial charge in [-0.05, 0) is 50.0 Å². The maximum absolute atomic E-state index is 9.14. The molecule has 0 aromatic carbocycles. The maximum Gasteiger partial charge on any atom is 2.00 e. The van der Waals surface area contributed by atoms with Gasteiger partial charge < -0.3 is 72.8 Å². The summed E-state index contributed by atoms with van der Waals surface area (Å²) < 4.78 is 0. The molecule has 2 saturated carbocycles. The number of rotatable bonds is 4. The van der Waals surface area contributed by atoms with Crippen molar-refractivity contribution in [2.45, 2.75) is 75.5 Å². The Bertz CT molecular complexity index is 575. The van der Waals surface area contributed by atoms with E-state index in [1.54, 1.807) is 0 Å². The molecule has 0 heterocycles. The Morgan fingerprint density at radius 1 is 0.500 bits per heavy atom. The first-order chi connectivity index (χ1) is 18.7. The van der Waals surface area contributed by atoms with E-state index in [-0.39, 0.29) is 63.1 Å². The van der Waals surface area contributed by atoms with Gasteiger partial charge in [0.15, 0.2) is 0 Å². The summed E-state index contributed by atoms with van der Waals surface area (Å²) in [4.78, 5) is 36.6. The first-order valence-electron chi connectivity index (χ1n) is 11.9. The summed E-state index contributed by atoms with van der Waals surface area (Å²) in [5.41, 5.74) is 22.6. The van der Waals surface area contributed by atoms with Crippen molar-refractivity contribution in [3.05, 3.63) is 50.6 Å². The van der Waals surface area contributed by atoms with E-state index in [1.165, 1.54) is 25.7 Å². The van der Waals surface area contributed by atoms with Gasteiger partial charge in [-0.2, -0.15) is 0 Å². The first kappa shape index (κ1) is 59.3. The number of aliphatic carboxylic acids is 4. The van der Waals surface area contributed by atoms with Gasteiger partial charge in [0.2, 0.25) is 0 Å². The van der Waals surface area contributed by atoms with Crippen LogP contribution in [-0.4, -0.2) is 72.5 Å². The van der Waals surface area contributed by atoms with Crippen molar-refractivity contribution in [1.29, 1.82) is 0 Å². The van der Waals surface area contributed by atoms with Gasteiger partial charge in [0.1, 0.15) is 0 Å². The fourth-order valence-corrected chi connectivity index (χ4v) is 2.38. The fourth-order valence-electron chi connectivity index (χ4n) is 2.38. The van der Waals surface area contributed by atoms with Crippen LogP contribution in [0.25, 0.3) is 0 Å².